The van der Waals surface area contributed by atoms with Crippen LogP contribution in [-0.4, -0.2) is 58.3 Å². The molecule has 0 aromatic carbocycles. The molecule has 1 aliphatic rings. The van der Waals surface area contributed by atoms with Gasteiger partial charge in [0.05, 0.1) is 12.1 Å². The van der Waals surface area contributed by atoms with Crippen molar-refractivity contribution in [2.75, 3.05) is 11.5 Å². The predicted octanol–water partition coefficient (Wildman–Crippen LogP) is -0.981. The fraction of sp³-hybridized carbons (Fsp3) is 0.889. The number of hydrogen-bond acceptors (Lipinski definition) is 5. The SMILES string of the molecule is CO[C@H]1O[C@H](CI)[C@@H](O)[C@H](NC(C)=O)[C@@H]1O. The number of aliphatic hydroxyl groups is 2. The first-order valence-electron chi connectivity index (χ1n) is 4.88. The Bertz CT molecular complexity index is 236. The highest BCUT2D eigenvalue weighted by atomic mass is 127. The predicted molar refractivity (Wildman–Crippen MR) is 64.2 cm³/mol. The minimum Gasteiger partial charge on any atom is -0.388 e. The highest BCUT2D eigenvalue weighted by Gasteiger charge is 2.44. The third-order valence-corrected chi connectivity index (χ3v) is 3.33. The van der Waals surface area contributed by atoms with Gasteiger partial charge in [-0.15, -0.1) is 0 Å². The first-order chi connectivity index (χ1) is 7.51. The summed E-state index contributed by atoms with van der Waals surface area (Å²) in [7, 11) is 1.40. The van der Waals surface area contributed by atoms with Gasteiger partial charge in [-0.05, 0) is 0 Å². The number of hydrogen-bond donors (Lipinski definition) is 3. The van der Waals surface area contributed by atoms with Gasteiger partial charge >= 0.3 is 0 Å². The fourth-order valence-electron chi connectivity index (χ4n) is 1.66. The Morgan fingerprint density at radius 3 is 2.56 bits per heavy atom. The van der Waals surface area contributed by atoms with E-state index in [9.17, 15) is 15.0 Å². The molecule has 0 aromatic heterocycles. The molecule has 1 fully saturated rings. The highest BCUT2D eigenvalue weighted by molar-refractivity contribution is 14.1. The molecule has 0 spiro atoms. The zero-order valence-electron chi connectivity index (χ0n) is 9.09. The van der Waals surface area contributed by atoms with Gasteiger partial charge in [0.25, 0.3) is 0 Å². The lowest BCUT2D eigenvalue weighted by atomic mass is 9.97. The molecule has 1 amide bonds. The van der Waals surface area contributed by atoms with Gasteiger partial charge in [0.15, 0.2) is 6.29 Å². The van der Waals surface area contributed by atoms with Crippen molar-refractivity contribution in [3.8, 4) is 0 Å². The van der Waals surface area contributed by atoms with Crippen LogP contribution >= 0.6 is 22.6 Å². The maximum absolute atomic E-state index is 11.0. The number of methoxy groups -OCH3 is 1. The number of aliphatic hydroxyl groups excluding tert-OH is 2. The molecule has 1 rings (SSSR count). The second kappa shape index (κ2) is 6.10. The standard InChI is InChI=1S/C9H16INO5/c1-4(12)11-6-7(13)5(3-10)16-9(15-2)8(6)14/h5-9,13-14H,3H2,1-2H3,(H,11,12)/t5-,6+,7-,8+,9+/m1/s1. The van der Waals surface area contributed by atoms with Crippen molar-refractivity contribution < 1.29 is 24.5 Å². The van der Waals surface area contributed by atoms with Gasteiger partial charge < -0.3 is 25.0 Å². The number of ether oxygens (including phenoxy) is 2. The number of rotatable bonds is 3. The quantitative estimate of drug-likeness (QED) is 0.452. The zero-order valence-corrected chi connectivity index (χ0v) is 11.2. The monoisotopic (exact) mass is 345 g/mol. The molecule has 0 aliphatic carbocycles. The molecule has 0 bridgehead atoms. The molecule has 6 nitrogen and oxygen atoms in total. The maximum Gasteiger partial charge on any atom is 0.217 e. The third-order valence-electron chi connectivity index (χ3n) is 2.46. The van der Waals surface area contributed by atoms with Gasteiger partial charge in [-0.25, -0.2) is 0 Å². The number of carbonyl (C=O) groups is 1. The van der Waals surface area contributed by atoms with E-state index < -0.39 is 30.6 Å². The first-order valence-corrected chi connectivity index (χ1v) is 6.41. The van der Waals surface area contributed by atoms with Crippen LogP contribution in [0.2, 0.25) is 0 Å². The number of halogens is 1. The molecule has 1 heterocycles. The summed E-state index contributed by atoms with van der Waals surface area (Å²) in [5, 5.41) is 22.2. The van der Waals surface area contributed by atoms with Gasteiger partial charge in [0.1, 0.15) is 12.2 Å². The maximum atomic E-state index is 11.0. The van der Waals surface area contributed by atoms with Crippen LogP contribution in [0.25, 0.3) is 0 Å². The van der Waals surface area contributed by atoms with E-state index in [1.807, 2.05) is 0 Å². The van der Waals surface area contributed by atoms with Crippen LogP contribution < -0.4 is 5.32 Å². The van der Waals surface area contributed by atoms with E-state index in [2.05, 4.69) is 27.9 Å². The highest BCUT2D eigenvalue weighted by Crippen LogP contribution is 2.22. The van der Waals surface area contributed by atoms with E-state index in [-0.39, 0.29) is 5.91 Å². The van der Waals surface area contributed by atoms with E-state index in [0.717, 1.165) is 0 Å². The first kappa shape index (κ1) is 14.1. The van der Waals surface area contributed by atoms with Crippen molar-refractivity contribution in [2.24, 2.45) is 0 Å². The summed E-state index contributed by atoms with van der Waals surface area (Å²) in [6.07, 6.45) is -3.32. The molecule has 16 heavy (non-hydrogen) atoms. The Morgan fingerprint density at radius 1 is 1.50 bits per heavy atom. The minimum atomic E-state index is -1.08. The van der Waals surface area contributed by atoms with Crippen molar-refractivity contribution in [3.63, 3.8) is 0 Å². The fourth-order valence-corrected chi connectivity index (χ4v) is 2.39. The van der Waals surface area contributed by atoms with E-state index in [1.54, 1.807) is 0 Å². The second-order valence-corrected chi connectivity index (χ2v) is 4.52. The van der Waals surface area contributed by atoms with Gasteiger partial charge in [-0.1, -0.05) is 22.6 Å². The molecule has 5 atom stereocenters. The molecule has 3 N–H and O–H groups in total. The Morgan fingerprint density at radius 2 is 2.12 bits per heavy atom. The molecule has 94 valence electrons. The van der Waals surface area contributed by atoms with E-state index in [0.29, 0.717) is 4.43 Å². The number of amides is 1. The zero-order chi connectivity index (χ0) is 12.3. The Kier molecular flexibility index (Phi) is 5.38. The van der Waals surface area contributed by atoms with Crippen LogP contribution in [0.4, 0.5) is 0 Å². The third kappa shape index (κ3) is 3.04. The average Bonchev–Trinajstić information content (AvgIpc) is 2.24. The van der Waals surface area contributed by atoms with Crippen molar-refractivity contribution in [1.29, 1.82) is 0 Å². The normalized spacial score (nSPS) is 39.4. The molecule has 0 aromatic rings. The van der Waals surface area contributed by atoms with E-state index in [4.69, 9.17) is 9.47 Å². The molecule has 0 radical (unpaired) electrons. The van der Waals surface area contributed by atoms with Crippen molar-refractivity contribution >= 4 is 28.5 Å². The lowest BCUT2D eigenvalue weighted by Crippen LogP contribution is -2.64. The van der Waals surface area contributed by atoms with Crippen LogP contribution in [0.3, 0.4) is 0 Å². The van der Waals surface area contributed by atoms with Crippen LogP contribution in [0.1, 0.15) is 6.92 Å². The van der Waals surface area contributed by atoms with Crippen molar-refractivity contribution in [2.45, 2.75) is 37.6 Å². The summed E-state index contributed by atoms with van der Waals surface area (Å²) in [4.78, 5) is 11.0. The molecule has 1 aliphatic heterocycles. The topological polar surface area (TPSA) is 88.0 Å². The average molecular weight is 345 g/mol. The van der Waals surface area contributed by atoms with Gasteiger partial charge in [0.2, 0.25) is 5.91 Å². The van der Waals surface area contributed by atoms with Gasteiger partial charge in [-0.3, -0.25) is 4.79 Å². The summed E-state index contributed by atoms with van der Waals surface area (Å²) in [6.45, 7) is 1.33. The molecular weight excluding hydrogens is 329 g/mol. The summed E-state index contributed by atoms with van der Waals surface area (Å²) >= 11 is 2.06. The molecular formula is C9H16INO5. The van der Waals surface area contributed by atoms with Crippen molar-refractivity contribution in [3.05, 3.63) is 0 Å². The Labute approximate surface area is 107 Å². The van der Waals surface area contributed by atoms with Crippen LogP contribution in [0, 0.1) is 0 Å². The number of carbonyl (C=O) groups excluding carboxylic acids is 1. The van der Waals surface area contributed by atoms with Crippen LogP contribution in [0.5, 0.6) is 0 Å². The summed E-state index contributed by atoms with van der Waals surface area (Å²) in [5.74, 6) is -0.313. The van der Waals surface area contributed by atoms with Crippen LogP contribution in [-0.2, 0) is 14.3 Å². The van der Waals surface area contributed by atoms with Gasteiger partial charge in [0, 0.05) is 18.5 Å². The second-order valence-electron chi connectivity index (χ2n) is 3.64. The summed E-state index contributed by atoms with van der Waals surface area (Å²) < 4.78 is 10.8. The Balaban J connectivity index is 2.79. The smallest absolute Gasteiger partial charge is 0.217 e. The van der Waals surface area contributed by atoms with Crippen molar-refractivity contribution in [1.82, 2.24) is 5.32 Å². The molecule has 7 heteroatoms. The molecule has 0 saturated carbocycles. The minimum absolute atomic E-state index is 0.313. The summed E-state index contributed by atoms with van der Waals surface area (Å²) in [6, 6.07) is -0.768. The van der Waals surface area contributed by atoms with Crippen LogP contribution in [0.15, 0.2) is 0 Å². The number of nitrogens with one attached hydrogen (secondary N) is 1. The Hall–Kier alpha value is 0.0400. The lowest BCUT2D eigenvalue weighted by Gasteiger charge is -2.41. The number of alkyl halides is 1. The summed E-state index contributed by atoms with van der Waals surface area (Å²) in [5.41, 5.74) is 0. The largest absolute Gasteiger partial charge is 0.388 e. The molecule has 0 unspecified atom stereocenters. The molecule has 1 saturated heterocycles. The lowest BCUT2D eigenvalue weighted by molar-refractivity contribution is -0.259. The van der Waals surface area contributed by atoms with E-state index in [1.165, 1.54) is 14.0 Å². The van der Waals surface area contributed by atoms with E-state index >= 15 is 0 Å². The van der Waals surface area contributed by atoms with Gasteiger partial charge in [-0.2, -0.15) is 0 Å².